The molecule has 2 aliphatic rings. The zero-order chi connectivity index (χ0) is 23.6. The number of carbonyl (C=O) groups is 1. The first-order chi connectivity index (χ1) is 15.7. The third kappa shape index (κ3) is 5.23. The topological polar surface area (TPSA) is 76.6 Å². The minimum absolute atomic E-state index is 0.126. The van der Waals surface area contributed by atoms with Crippen molar-refractivity contribution in [3.05, 3.63) is 30.5 Å². The summed E-state index contributed by atoms with van der Waals surface area (Å²) in [7, 11) is 3.72. The van der Waals surface area contributed by atoms with Crippen molar-refractivity contribution < 1.29 is 18.0 Å². The molecule has 4 rings (SSSR count). The molecule has 33 heavy (non-hydrogen) atoms. The number of nitrogens with one attached hydrogen (secondary N) is 2. The van der Waals surface area contributed by atoms with Gasteiger partial charge in [0.15, 0.2) is 5.82 Å². The number of rotatable bonds is 3. The van der Waals surface area contributed by atoms with Crippen molar-refractivity contribution in [3.63, 3.8) is 0 Å². The molecule has 2 aromatic heterocycles. The van der Waals surface area contributed by atoms with Gasteiger partial charge in [0.2, 0.25) is 0 Å². The number of pyridine rings is 2. The van der Waals surface area contributed by atoms with Gasteiger partial charge in [-0.25, -0.2) is 14.8 Å². The van der Waals surface area contributed by atoms with E-state index in [4.69, 9.17) is 0 Å². The highest BCUT2D eigenvalue weighted by Gasteiger charge is 2.42. The summed E-state index contributed by atoms with van der Waals surface area (Å²) in [5.74, 6) is 0.193. The lowest BCUT2D eigenvalue weighted by molar-refractivity contribution is -0.176. The predicted molar refractivity (Wildman–Crippen MR) is 123 cm³/mol. The number of carbonyl (C=O) groups excluding carboxylic acids is 1. The average molecular weight is 464 g/mol. The smallest absolute Gasteiger partial charge is 0.382 e. The van der Waals surface area contributed by atoms with Crippen LogP contribution >= 0.6 is 0 Å². The first-order valence-electron chi connectivity index (χ1n) is 11.0. The lowest BCUT2D eigenvalue weighted by Gasteiger charge is -2.35. The molecule has 178 valence electrons. The molecule has 1 fully saturated rings. The minimum Gasteiger partial charge on any atom is -0.382 e. The zero-order valence-corrected chi connectivity index (χ0v) is 18.7. The van der Waals surface area contributed by atoms with Crippen molar-refractivity contribution in [2.75, 3.05) is 65.6 Å². The Labute approximate surface area is 190 Å². The molecule has 2 aliphatic heterocycles. The number of halogens is 3. The summed E-state index contributed by atoms with van der Waals surface area (Å²) in [5.41, 5.74) is 1.28. The van der Waals surface area contributed by atoms with Crippen LogP contribution < -0.4 is 25.3 Å². The van der Waals surface area contributed by atoms with Gasteiger partial charge in [-0.05, 0) is 37.5 Å². The Morgan fingerprint density at radius 1 is 1.21 bits per heavy atom. The Balaban J connectivity index is 1.58. The quantitative estimate of drug-likeness (QED) is 0.712. The Morgan fingerprint density at radius 2 is 2.03 bits per heavy atom. The number of anilines is 5. The maximum atomic E-state index is 13.3. The third-order valence-electron chi connectivity index (χ3n) is 5.90. The van der Waals surface area contributed by atoms with E-state index >= 15 is 0 Å². The number of nitrogens with zero attached hydrogens (tertiary/aromatic N) is 5. The molecule has 2 N–H and O–H groups in total. The number of fused-ring (bicyclic) bond motifs is 1. The summed E-state index contributed by atoms with van der Waals surface area (Å²) in [6.45, 7) is 1.47. The van der Waals surface area contributed by atoms with Crippen LogP contribution in [0.25, 0.3) is 0 Å². The number of hydrogen-bond donors (Lipinski definition) is 2. The lowest BCUT2D eigenvalue weighted by atomic mass is 9.97. The van der Waals surface area contributed by atoms with E-state index in [1.54, 1.807) is 40.3 Å². The molecule has 0 bridgehead atoms. The van der Waals surface area contributed by atoms with E-state index in [0.717, 1.165) is 0 Å². The van der Waals surface area contributed by atoms with Gasteiger partial charge < -0.3 is 20.4 Å². The third-order valence-corrected chi connectivity index (χ3v) is 5.90. The highest BCUT2D eigenvalue weighted by molar-refractivity contribution is 6.03. The fourth-order valence-corrected chi connectivity index (χ4v) is 4.11. The van der Waals surface area contributed by atoms with E-state index in [0.29, 0.717) is 61.3 Å². The van der Waals surface area contributed by atoms with E-state index in [2.05, 4.69) is 20.6 Å². The van der Waals surface area contributed by atoms with Gasteiger partial charge in [-0.3, -0.25) is 4.90 Å². The van der Waals surface area contributed by atoms with Crippen LogP contribution in [0.1, 0.15) is 19.3 Å². The Bertz CT molecular complexity index is 998. The Hall–Kier alpha value is -3.24. The van der Waals surface area contributed by atoms with Gasteiger partial charge in [-0.15, -0.1) is 0 Å². The van der Waals surface area contributed by atoms with Crippen LogP contribution in [0.2, 0.25) is 0 Å². The lowest BCUT2D eigenvalue weighted by Crippen LogP contribution is -2.42. The van der Waals surface area contributed by atoms with Crippen molar-refractivity contribution in [3.8, 4) is 0 Å². The molecule has 1 saturated heterocycles. The molecule has 4 heterocycles. The summed E-state index contributed by atoms with van der Waals surface area (Å²) in [6, 6.07) is 6.63. The summed E-state index contributed by atoms with van der Waals surface area (Å²) in [4.78, 5) is 27.1. The van der Waals surface area contributed by atoms with Crippen molar-refractivity contribution in [1.82, 2.24) is 9.97 Å². The Kier molecular flexibility index (Phi) is 6.48. The molecular formula is C22H28F3N7O. The molecule has 0 aliphatic carbocycles. The van der Waals surface area contributed by atoms with E-state index in [1.165, 1.54) is 0 Å². The SMILES string of the molecule is CN(C)c1cc(NC(=O)N2CCCNc3ccc(N4CCCC(C(F)(F)F)C4)nc32)ccn1. The predicted octanol–water partition coefficient (Wildman–Crippen LogP) is 4.18. The standard InChI is InChI=1S/C22H28F3N7O/c1-30(2)19-13-16(8-10-27-19)28-21(33)32-12-4-9-26-17-6-7-18(29-20(17)32)31-11-3-5-15(14-31)22(23,24)25/h6-8,10,13,15,26H,3-5,9,11-12,14H2,1-2H3,(H,27,28,33). The van der Waals surface area contributed by atoms with Gasteiger partial charge in [-0.2, -0.15) is 13.2 Å². The number of piperidine rings is 1. The summed E-state index contributed by atoms with van der Waals surface area (Å²) < 4.78 is 39.9. The highest BCUT2D eigenvalue weighted by atomic mass is 19.4. The molecule has 1 atom stereocenters. The number of amides is 2. The Morgan fingerprint density at radius 3 is 2.79 bits per heavy atom. The first-order valence-corrected chi connectivity index (χ1v) is 11.0. The van der Waals surface area contributed by atoms with Gasteiger partial charge >= 0.3 is 12.2 Å². The second-order valence-electron chi connectivity index (χ2n) is 8.53. The largest absolute Gasteiger partial charge is 0.393 e. The van der Waals surface area contributed by atoms with E-state index < -0.39 is 12.1 Å². The number of urea groups is 1. The molecule has 0 radical (unpaired) electrons. The fourth-order valence-electron chi connectivity index (χ4n) is 4.11. The number of alkyl halides is 3. The van der Waals surface area contributed by atoms with Gasteiger partial charge in [0.05, 0.1) is 11.6 Å². The highest BCUT2D eigenvalue weighted by Crippen LogP contribution is 2.36. The average Bonchev–Trinajstić information content (AvgIpc) is 3.01. The fraction of sp³-hybridized carbons (Fsp3) is 0.500. The normalized spacial score (nSPS) is 18.8. The van der Waals surface area contributed by atoms with Gasteiger partial charge in [-0.1, -0.05) is 0 Å². The van der Waals surface area contributed by atoms with Crippen molar-refractivity contribution in [2.24, 2.45) is 5.92 Å². The van der Waals surface area contributed by atoms with Gasteiger partial charge in [0, 0.05) is 58.2 Å². The van der Waals surface area contributed by atoms with Crippen LogP contribution in [-0.2, 0) is 0 Å². The van der Waals surface area contributed by atoms with Crippen LogP contribution in [0.5, 0.6) is 0 Å². The van der Waals surface area contributed by atoms with E-state index in [9.17, 15) is 18.0 Å². The maximum absolute atomic E-state index is 13.3. The van der Waals surface area contributed by atoms with Crippen LogP contribution in [-0.4, -0.2) is 62.4 Å². The second kappa shape index (κ2) is 9.32. The molecule has 0 spiro atoms. The summed E-state index contributed by atoms with van der Waals surface area (Å²) in [6.07, 6.45) is -1.33. The maximum Gasteiger partial charge on any atom is 0.393 e. The molecule has 2 aromatic rings. The summed E-state index contributed by atoms with van der Waals surface area (Å²) in [5, 5.41) is 6.15. The van der Waals surface area contributed by atoms with Crippen LogP contribution in [0, 0.1) is 5.92 Å². The van der Waals surface area contributed by atoms with Crippen molar-refractivity contribution >= 4 is 34.9 Å². The number of hydrogen-bond acceptors (Lipinski definition) is 6. The van der Waals surface area contributed by atoms with Crippen LogP contribution in [0.15, 0.2) is 30.5 Å². The molecular weight excluding hydrogens is 435 g/mol. The first kappa shape index (κ1) is 22.9. The minimum atomic E-state index is -4.23. The van der Waals surface area contributed by atoms with Crippen LogP contribution in [0.4, 0.5) is 46.8 Å². The summed E-state index contributed by atoms with van der Waals surface area (Å²) >= 11 is 0. The molecule has 2 amide bonds. The van der Waals surface area contributed by atoms with Crippen molar-refractivity contribution in [1.29, 1.82) is 0 Å². The molecule has 11 heteroatoms. The van der Waals surface area contributed by atoms with E-state index in [1.807, 2.05) is 19.0 Å². The molecule has 8 nitrogen and oxygen atoms in total. The van der Waals surface area contributed by atoms with Crippen LogP contribution in [0.3, 0.4) is 0 Å². The van der Waals surface area contributed by atoms with Crippen molar-refractivity contribution in [2.45, 2.75) is 25.4 Å². The second-order valence-corrected chi connectivity index (χ2v) is 8.53. The van der Waals surface area contributed by atoms with Gasteiger partial charge in [0.25, 0.3) is 0 Å². The monoisotopic (exact) mass is 463 g/mol. The molecule has 0 aromatic carbocycles. The zero-order valence-electron chi connectivity index (χ0n) is 18.7. The number of aromatic nitrogens is 2. The van der Waals surface area contributed by atoms with Gasteiger partial charge in [0.1, 0.15) is 11.6 Å². The molecule has 1 unspecified atom stereocenters. The van der Waals surface area contributed by atoms with E-state index in [-0.39, 0.29) is 19.0 Å². The molecule has 0 saturated carbocycles.